The van der Waals surface area contributed by atoms with E-state index in [-0.39, 0.29) is 11.4 Å². The van der Waals surface area contributed by atoms with Crippen LogP contribution in [0.4, 0.5) is 0 Å². The summed E-state index contributed by atoms with van der Waals surface area (Å²) in [6, 6.07) is 21.7. The van der Waals surface area contributed by atoms with Crippen LogP contribution in [0.1, 0.15) is 87.8 Å². The number of carbonyl (C=O) groups is 1. The van der Waals surface area contributed by atoms with Gasteiger partial charge >= 0.3 is 5.97 Å². The minimum Gasteiger partial charge on any atom is -0.469 e. The van der Waals surface area contributed by atoms with Crippen LogP contribution in [0.2, 0.25) is 0 Å². The first-order chi connectivity index (χ1) is 26.7. The van der Waals surface area contributed by atoms with Gasteiger partial charge in [-0.15, -0.1) is 0 Å². The van der Waals surface area contributed by atoms with Gasteiger partial charge in [0.15, 0.2) is 0 Å². The highest BCUT2D eigenvalue weighted by atomic mass is 16.5. The van der Waals surface area contributed by atoms with Gasteiger partial charge < -0.3 is 4.74 Å². The summed E-state index contributed by atoms with van der Waals surface area (Å²) in [7, 11) is 1.54. The summed E-state index contributed by atoms with van der Waals surface area (Å²) in [5, 5.41) is 27.2. The first kappa shape index (κ1) is 25.5. The summed E-state index contributed by atoms with van der Waals surface area (Å²) in [6.07, 6.45) is 13.0. The zero-order valence-corrected chi connectivity index (χ0v) is 29.6. The van der Waals surface area contributed by atoms with Gasteiger partial charge in [0, 0.05) is 41.4 Å². The summed E-state index contributed by atoms with van der Waals surface area (Å²) in [5.41, 5.74) is 13.1. The standard InChI is InChI=1S/C52H30O2/c1-54-27(53)8-5-17-52(18-6-3-2-4-7-18)50-36-25-15-13-23-21-11-9-19-20-10-12-22-24-14-16-26-35-33(24)40-31(22)29(20)38-28(19)30(21)39-32(23)34(25)41-43(36)44(37(26)51(50)52)42(35)49-47(40)45(38)46(39)48(41)49/h2-4,6-7,9-16,19,21,23,28,30,32,50-51H,5,8,17H2,1H3. The van der Waals surface area contributed by atoms with Gasteiger partial charge in [0.25, 0.3) is 0 Å². The molecule has 9 unspecified atom stereocenters. The third kappa shape index (κ3) is 2.00. The normalized spacial score (nSPS) is 32.0. The van der Waals surface area contributed by atoms with Gasteiger partial charge in [-0.1, -0.05) is 78.9 Å². The number of esters is 1. The quantitative estimate of drug-likeness (QED) is 0.102. The highest BCUT2D eigenvalue weighted by Crippen LogP contribution is 2.81. The number of benzene rings is 6. The van der Waals surface area contributed by atoms with Crippen molar-refractivity contribution in [3.63, 3.8) is 0 Å². The molecule has 10 aromatic carbocycles. The van der Waals surface area contributed by atoms with Gasteiger partial charge in [0.1, 0.15) is 0 Å². The van der Waals surface area contributed by atoms with Crippen molar-refractivity contribution in [2.75, 3.05) is 7.11 Å². The van der Waals surface area contributed by atoms with E-state index < -0.39 is 0 Å². The fourth-order valence-corrected chi connectivity index (χ4v) is 16.9. The zero-order valence-electron chi connectivity index (χ0n) is 29.6. The number of allylic oxidation sites excluding steroid dienone is 3. The predicted octanol–water partition coefficient (Wildman–Crippen LogP) is 11.2. The molecule has 0 amide bonds. The third-order valence-electron chi connectivity index (χ3n) is 17.9. The number of fused-ring (bicyclic) bond motifs is 8. The highest BCUT2D eigenvalue weighted by molar-refractivity contribution is 6.57. The van der Waals surface area contributed by atoms with E-state index in [9.17, 15) is 4.79 Å². The minimum atomic E-state index is -0.0922. The average molecular weight is 687 g/mol. The summed E-state index contributed by atoms with van der Waals surface area (Å²) in [6.45, 7) is 0. The molecule has 0 heterocycles. The van der Waals surface area contributed by atoms with Crippen molar-refractivity contribution in [3.8, 4) is 0 Å². The molecule has 2 heteroatoms. The van der Waals surface area contributed by atoms with E-state index in [0.717, 1.165) is 12.8 Å². The topological polar surface area (TPSA) is 26.3 Å². The monoisotopic (exact) mass is 686 g/mol. The predicted molar refractivity (Wildman–Crippen MR) is 217 cm³/mol. The fraction of sp³-hybridized carbons (Fsp3) is 0.250. The average Bonchev–Trinajstić information content (AvgIpc) is 3.81. The molecule has 0 saturated heterocycles. The van der Waals surface area contributed by atoms with Crippen molar-refractivity contribution in [3.05, 3.63) is 117 Å². The molecule has 9 atom stereocenters. The maximum absolute atomic E-state index is 12.7. The molecule has 8 aliphatic carbocycles. The van der Waals surface area contributed by atoms with Crippen LogP contribution in [0.3, 0.4) is 0 Å². The van der Waals surface area contributed by atoms with Crippen molar-refractivity contribution in [2.45, 2.75) is 54.3 Å². The zero-order chi connectivity index (χ0) is 34.2. The van der Waals surface area contributed by atoms with E-state index in [2.05, 4.69) is 78.9 Å². The minimum absolute atomic E-state index is 0.0647. The van der Waals surface area contributed by atoms with Gasteiger partial charge in [0.05, 0.1) is 7.11 Å². The lowest BCUT2D eigenvalue weighted by Gasteiger charge is -2.37. The van der Waals surface area contributed by atoms with Gasteiger partial charge in [-0.05, 0) is 167 Å². The van der Waals surface area contributed by atoms with Crippen LogP contribution >= 0.6 is 0 Å². The smallest absolute Gasteiger partial charge is 0.305 e. The molecule has 54 heavy (non-hydrogen) atoms. The summed E-state index contributed by atoms with van der Waals surface area (Å²) in [5.74, 6) is 3.89. The summed E-state index contributed by atoms with van der Waals surface area (Å²) in [4.78, 5) is 12.7. The Morgan fingerprint density at radius 3 is 2.24 bits per heavy atom. The molecular weight excluding hydrogens is 657 g/mol. The number of hydrogen-bond acceptors (Lipinski definition) is 2. The van der Waals surface area contributed by atoms with E-state index in [1.54, 1.807) is 109 Å². The maximum Gasteiger partial charge on any atom is 0.305 e. The molecule has 0 spiro atoms. The van der Waals surface area contributed by atoms with E-state index in [1.165, 1.54) is 28.8 Å². The van der Waals surface area contributed by atoms with Crippen molar-refractivity contribution >= 4 is 104 Å². The number of methoxy groups -OCH3 is 1. The van der Waals surface area contributed by atoms with Crippen molar-refractivity contribution in [1.82, 2.24) is 0 Å². The van der Waals surface area contributed by atoms with Crippen LogP contribution in [-0.4, -0.2) is 13.1 Å². The van der Waals surface area contributed by atoms with E-state index >= 15 is 0 Å². The molecule has 0 bridgehead atoms. The lowest BCUT2D eigenvalue weighted by atomic mass is 9.65. The summed E-state index contributed by atoms with van der Waals surface area (Å²) >= 11 is 0. The molecular formula is C52H30O2. The first-order valence-electron chi connectivity index (χ1n) is 20.6. The van der Waals surface area contributed by atoms with Crippen LogP contribution in [0.5, 0.6) is 0 Å². The van der Waals surface area contributed by atoms with E-state index in [1.807, 2.05) is 5.57 Å². The third-order valence-corrected chi connectivity index (χ3v) is 17.9. The Hall–Kier alpha value is -5.47. The molecule has 0 aliphatic heterocycles. The van der Waals surface area contributed by atoms with Gasteiger partial charge in [-0.2, -0.15) is 0 Å². The van der Waals surface area contributed by atoms with E-state index in [0.29, 0.717) is 53.8 Å². The summed E-state index contributed by atoms with van der Waals surface area (Å²) < 4.78 is 5.21. The lowest BCUT2D eigenvalue weighted by Crippen LogP contribution is -2.31. The number of rotatable bonds is 5. The fourth-order valence-electron chi connectivity index (χ4n) is 16.9. The first-order valence-corrected chi connectivity index (χ1v) is 20.6. The second-order valence-corrected chi connectivity index (χ2v) is 18.9. The van der Waals surface area contributed by atoms with Crippen molar-refractivity contribution in [1.29, 1.82) is 0 Å². The van der Waals surface area contributed by atoms with Crippen LogP contribution in [0.15, 0.2) is 72.8 Å². The Labute approximate surface area is 308 Å². The molecule has 2 saturated carbocycles. The van der Waals surface area contributed by atoms with Gasteiger partial charge in [-0.25, -0.2) is 0 Å². The maximum atomic E-state index is 12.7. The second-order valence-electron chi connectivity index (χ2n) is 18.9. The molecule has 0 N–H and O–H groups in total. The highest BCUT2D eigenvalue weighted by Gasteiger charge is 2.70. The van der Waals surface area contributed by atoms with Gasteiger partial charge in [0.2, 0.25) is 0 Å². The van der Waals surface area contributed by atoms with Crippen LogP contribution in [-0.2, 0) is 14.9 Å². The Morgan fingerprint density at radius 1 is 0.630 bits per heavy atom. The SMILES string of the molecule is COC(=O)CCCC1(c2ccccc2)C2c3c4c5c6c3c3c(c7ccc8c9ccc%10c%11c%12c%13c(c6c6c%13c(c%119)c8c7c36)=C3C5C(C=C4)C4C=CC%10C%12C34)C21. The van der Waals surface area contributed by atoms with Crippen molar-refractivity contribution in [2.24, 2.45) is 17.8 Å². The number of ether oxygens (including phenoxy) is 1. The Kier molecular flexibility index (Phi) is 3.41. The Balaban J connectivity index is 1.13. The number of carbonyl (C=O) groups excluding carboxylic acids is 1. The molecule has 250 valence electrons. The van der Waals surface area contributed by atoms with Gasteiger partial charge in [-0.3, -0.25) is 4.79 Å². The van der Waals surface area contributed by atoms with Crippen LogP contribution < -0.4 is 5.22 Å². The number of hydrogen-bond donors (Lipinski definition) is 0. The Morgan fingerprint density at radius 2 is 1.35 bits per heavy atom. The molecule has 10 aromatic rings. The molecule has 2 fully saturated rings. The van der Waals surface area contributed by atoms with Crippen LogP contribution in [0, 0.1) is 17.8 Å². The largest absolute Gasteiger partial charge is 0.469 e. The van der Waals surface area contributed by atoms with Crippen molar-refractivity contribution < 1.29 is 9.53 Å². The Bertz CT molecular complexity index is 3690. The molecule has 0 radical (unpaired) electrons. The van der Waals surface area contributed by atoms with Crippen LogP contribution in [0.25, 0.3) is 97.8 Å². The molecule has 8 aliphatic rings. The lowest BCUT2D eigenvalue weighted by molar-refractivity contribution is -0.140. The molecule has 0 aromatic heterocycles. The second kappa shape index (κ2) is 7.20. The van der Waals surface area contributed by atoms with E-state index in [4.69, 9.17) is 4.74 Å². The molecule has 2 nitrogen and oxygen atoms in total. The molecule has 18 rings (SSSR count).